The lowest BCUT2D eigenvalue weighted by atomic mass is 10.2. The van der Waals surface area contributed by atoms with E-state index in [1.807, 2.05) is 11.7 Å². The molecule has 3 nitrogen and oxygen atoms in total. The molecule has 0 spiro atoms. The first-order valence-electron chi connectivity index (χ1n) is 5.83. The number of rotatable bonds is 6. The third-order valence-corrected chi connectivity index (χ3v) is 5.34. The van der Waals surface area contributed by atoms with Gasteiger partial charge in [-0.05, 0) is 12.8 Å². The van der Waals surface area contributed by atoms with Crippen molar-refractivity contribution in [3.63, 3.8) is 0 Å². The van der Waals surface area contributed by atoms with Crippen LogP contribution in [-0.4, -0.2) is 22.0 Å². The molecule has 1 aromatic rings. The Morgan fingerprint density at radius 2 is 2.38 bits per heavy atom. The lowest BCUT2D eigenvalue weighted by molar-refractivity contribution is 0.578. The fourth-order valence-corrected chi connectivity index (χ4v) is 4.12. The van der Waals surface area contributed by atoms with Crippen LogP contribution in [0.3, 0.4) is 0 Å². The van der Waals surface area contributed by atoms with Gasteiger partial charge < -0.3 is 0 Å². The molecule has 2 rings (SSSR count). The second kappa shape index (κ2) is 6.59. The Kier molecular flexibility index (Phi) is 5.09. The standard InChI is InChI=1S/C11H19N3S2/c12-14-9(5-11-6-13-8-16-11)7-15-10-3-1-2-4-10/h6,8-10,14H,1-5,7,12H2. The predicted octanol–water partition coefficient (Wildman–Crippen LogP) is 2.19. The summed E-state index contributed by atoms with van der Waals surface area (Å²) in [6.45, 7) is 0. The fraction of sp³-hybridized carbons (Fsp3) is 0.727. The topological polar surface area (TPSA) is 50.9 Å². The second-order valence-corrected chi connectivity index (χ2v) is 6.58. The van der Waals surface area contributed by atoms with Gasteiger partial charge in [0.2, 0.25) is 0 Å². The number of thioether (sulfide) groups is 1. The van der Waals surface area contributed by atoms with Crippen LogP contribution >= 0.6 is 23.1 Å². The highest BCUT2D eigenvalue weighted by atomic mass is 32.2. The zero-order chi connectivity index (χ0) is 11.2. The monoisotopic (exact) mass is 257 g/mol. The Morgan fingerprint density at radius 1 is 1.56 bits per heavy atom. The Hall–Kier alpha value is -0.100. The number of hydrogen-bond acceptors (Lipinski definition) is 5. The molecule has 3 N–H and O–H groups in total. The minimum absolute atomic E-state index is 0.381. The van der Waals surface area contributed by atoms with Gasteiger partial charge >= 0.3 is 0 Å². The lowest BCUT2D eigenvalue weighted by Crippen LogP contribution is -2.38. The van der Waals surface area contributed by atoms with Crippen molar-refractivity contribution < 1.29 is 0 Å². The van der Waals surface area contributed by atoms with E-state index in [0.717, 1.165) is 17.4 Å². The quantitative estimate of drug-likeness (QED) is 0.606. The summed E-state index contributed by atoms with van der Waals surface area (Å²) in [4.78, 5) is 5.41. The van der Waals surface area contributed by atoms with Crippen molar-refractivity contribution in [3.05, 3.63) is 16.6 Å². The molecule has 1 aliphatic rings. The van der Waals surface area contributed by atoms with E-state index in [4.69, 9.17) is 5.84 Å². The van der Waals surface area contributed by atoms with Crippen LogP contribution < -0.4 is 11.3 Å². The zero-order valence-electron chi connectivity index (χ0n) is 9.39. The summed E-state index contributed by atoms with van der Waals surface area (Å²) in [6, 6.07) is 0.381. The van der Waals surface area contributed by atoms with E-state index in [1.54, 1.807) is 11.3 Å². The number of aromatic nitrogens is 1. The maximum atomic E-state index is 5.60. The smallest absolute Gasteiger partial charge is 0.0794 e. The van der Waals surface area contributed by atoms with Gasteiger partial charge in [0.25, 0.3) is 0 Å². The van der Waals surface area contributed by atoms with Gasteiger partial charge in [0.1, 0.15) is 0 Å². The van der Waals surface area contributed by atoms with Gasteiger partial charge in [0.05, 0.1) is 5.51 Å². The van der Waals surface area contributed by atoms with Gasteiger partial charge in [0, 0.05) is 34.5 Å². The number of nitrogens with two attached hydrogens (primary N) is 1. The number of nitrogens with zero attached hydrogens (tertiary/aromatic N) is 1. The van der Waals surface area contributed by atoms with Crippen molar-refractivity contribution >= 4 is 23.1 Å². The highest BCUT2D eigenvalue weighted by Crippen LogP contribution is 2.30. The molecule has 1 saturated carbocycles. The van der Waals surface area contributed by atoms with Gasteiger partial charge in [-0.1, -0.05) is 12.8 Å². The molecular formula is C11H19N3S2. The number of thiazole rings is 1. The van der Waals surface area contributed by atoms with Crippen LogP contribution in [0.15, 0.2) is 11.7 Å². The van der Waals surface area contributed by atoms with Crippen molar-refractivity contribution in [2.45, 2.75) is 43.4 Å². The summed E-state index contributed by atoms with van der Waals surface area (Å²) in [5, 5.41) is 0.873. The third-order valence-electron chi connectivity index (χ3n) is 3.00. The molecule has 1 fully saturated rings. The molecule has 0 radical (unpaired) electrons. The van der Waals surface area contributed by atoms with Crippen LogP contribution in [0, 0.1) is 0 Å². The van der Waals surface area contributed by atoms with Crippen molar-refractivity contribution in [2.24, 2.45) is 5.84 Å². The van der Waals surface area contributed by atoms with E-state index in [9.17, 15) is 0 Å². The highest BCUT2D eigenvalue weighted by molar-refractivity contribution is 7.99. The summed E-state index contributed by atoms with van der Waals surface area (Å²) in [6.07, 6.45) is 8.54. The predicted molar refractivity (Wildman–Crippen MR) is 71.6 cm³/mol. The first-order chi connectivity index (χ1) is 7.88. The SMILES string of the molecule is NNC(CSC1CCCC1)Cc1cncs1. The van der Waals surface area contributed by atoms with Crippen LogP contribution in [0.5, 0.6) is 0 Å². The molecule has 16 heavy (non-hydrogen) atoms. The van der Waals surface area contributed by atoms with E-state index in [2.05, 4.69) is 22.2 Å². The molecule has 1 aliphatic carbocycles. The lowest BCUT2D eigenvalue weighted by Gasteiger charge is -2.16. The number of nitrogens with one attached hydrogen (secondary N) is 1. The van der Waals surface area contributed by atoms with E-state index in [1.165, 1.54) is 30.6 Å². The van der Waals surface area contributed by atoms with Crippen molar-refractivity contribution in [2.75, 3.05) is 5.75 Å². The zero-order valence-corrected chi connectivity index (χ0v) is 11.0. The molecule has 5 heteroatoms. The first-order valence-corrected chi connectivity index (χ1v) is 7.76. The van der Waals surface area contributed by atoms with Gasteiger partial charge in [-0.25, -0.2) is 0 Å². The molecule has 0 saturated heterocycles. The fourth-order valence-electron chi connectivity index (χ4n) is 2.06. The van der Waals surface area contributed by atoms with Crippen molar-refractivity contribution in [1.29, 1.82) is 0 Å². The average molecular weight is 257 g/mol. The molecule has 0 aliphatic heterocycles. The van der Waals surface area contributed by atoms with E-state index >= 15 is 0 Å². The molecule has 0 bridgehead atoms. The molecule has 0 aromatic carbocycles. The van der Waals surface area contributed by atoms with Crippen LogP contribution in [0.25, 0.3) is 0 Å². The maximum absolute atomic E-state index is 5.60. The molecule has 1 atom stereocenters. The first kappa shape index (κ1) is 12.4. The second-order valence-electron chi connectivity index (χ2n) is 4.28. The van der Waals surface area contributed by atoms with Gasteiger partial charge in [0.15, 0.2) is 0 Å². The Labute approximate surface area is 105 Å². The minimum atomic E-state index is 0.381. The number of hydrazine groups is 1. The minimum Gasteiger partial charge on any atom is -0.271 e. The Balaban J connectivity index is 1.72. The van der Waals surface area contributed by atoms with Crippen molar-refractivity contribution in [1.82, 2.24) is 10.4 Å². The van der Waals surface area contributed by atoms with Gasteiger partial charge in [-0.15, -0.1) is 11.3 Å². The van der Waals surface area contributed by atoms with Gasteiger partial charge in [-0.2, -0.15) is 11.8 Å². The highest BCUT2D eigenvalue weighted by Gasteiger charge is 2.17. The summed E-state index contributed by atoms with van der Waals surface area (Å²) >= 11 is 3.79. The van der Waals surface area contributed by atoms with Crippen molar-refractivity contribution in [3.8, 4) is 0 Å². The van der Waals surface area contributed by atoms with Crippen LogP contribution in [0.4, 0.5) is 0 Å². The normalized spacial score (nSPS) is 19.1. The Bertz CT molecular complexity index is 283. The summed E-state index contributed by atoms with van der Waals surface area (Å²) in [5.41, 5.74) is 4.80. The van der Waals surface area contributed by atoms with Gasteiger partial charge in [-0.3, -0.25) is 16.3 Å². The largest absolute Gasteiger partial charge is 0.271 e. The summed E-state index contributed by atoms with van der Waals surface area (Å²) in [7, 11) is 0. The summed E-state index contributed by atoms with van der Waals surface area (Å²) < 4.78 is 0. The average Bonchev–Trinajstić information content (AvgIpc) is 2.97. The molecular weight excluding hydrogens is 238 g/mol. The van der Waals surface area contributed by atoms with E-state index in [-0.39, 0.29) is 0 Å². The summed E-state index contributed by atoms with van der Waals surface area (Å²) in [5.74, 6) is 6.71. The molecule has 1 unspecified atom stereocenters. The molecule has 0 amide bonds. The Morgan fingerprint density at radius 3 is 3.00 bits per heavy atom. The maximum Gasteiger partial charge on any atom is 0.0794 e. The van der Waals surface area contributed by atoms with Crippen LogP contribution in [0.1, 0.15) is 30.6 Å². The third kappa shape index (κ3) is 3.73. The molecule has 1 heterocycles. The van der Waals surface area contributed by atoms with Crippen LogP contribution in [-0.2, 0) is 6.42 Å². The van der Waals surface area contributed by atoms with Crippen LogP contribution in [0.2, 0.25) is 0 Å². The number of hydrogen-bond donors (Lipinski definition) is 2. The molecule has 1 aromatic heterocycles. The van der Waals surface area contributed by atoms with E-state index in [0.29, 0.717) is 6.04 Å². The molecule has 90 valence electrons. The van der Waals surface area contributed by atoms with E-state index < -0.39 is 0 Å².